The molecule has 2 aliphatic rings. The van der Waals surface area contributed by atoms with E-state index in [-0.39, 0.29) is 5.91 Å². The molecule has 2 aliphatic heterocycles. The lowest BCUT2D eigenvalue weighted by atomic mass is 9.73. The van der Waals surface area contributed by atoms with Gasteiger partial charge in [-0.05, 0) is 57.7 Å². The molecule has 6 nitrogen and oxygen atoms in total. The van der Waals surface area contributed by atoms with Crippen molar-refractivity contribution in [2.24, 2.45) is 0 Å². The van der Waals surface area contributed by atoms with Gasteiger partial charge in [0, 0.05) is 43.9 Å². The Balaban J connectivity index is 1.59. The number of nitrogens with zero attached hydrogens (tertiary/aromatic N) is 2. The summed E-state index contributed by atoms with van der Waals surface area (Å²) >= 11 is 0. The highest BCUT2D eigenvalue weighted by Gasteiger charge is 2.53. The van der Waals surface area contributed by atoms with Gasteiger partial charge in [0.2, 0.25) is 5.91 Å². The van der Waals surface area contributed by atoms with Gasteiger partial charge in [0.15, 0.2) is 0 Å². The first-order chi connectivity index (χ1) is 13.7. The predicted molar refractivity (Wildman–Crippen MR) is 114 cm³/mol. The van der Waals surface area contributed by atoms with Crippen LogP contribution in [0.25, 0.3) is 10.9 Å². The number of anilines is 1. The largest absolute Gasteiger partial charge is 0.388 e. The number of carbonyl (C=O) groups is 1. The molecule has 1 aromatic heterocycles. The second kappa shape index (κ2) is 7.26. The van der Waals surface area contributed by atoms with Crippen molar-refractivity contribution >= 4 is 22.5 Å². The average molecular weight is 398 g/mol. The number of fused-ring (bicyclic) bond motifs is 1. The van der Waals surface area contributed by atoms with Gasteiger partial charge in [0.05, 0.1) is 16.7 Å². The van der Waals surface area contributed by atoms with Crippen molar-refractivity contribution in [2.75, 3.05) is 24.6 Å². The van der Waals surface area contributed by atoms with Crippen LogP contribution in [0.15, 0.2) is 24.4 Å². The van der Waals surface area contributed by atoms with E-state index in [4.69, 9.17) is 4.74 Å². The van der Waals surface area contributed by atoms with Crippen molar-refractivity contribution in [3.05, 3.63) is 35.5 Å². The minimum absolute atomic E-state index is 0.116. The Labute approximate surface area is 172 Å². The van der Waals surface area contributed by atoms with Crippen LogP contribution in [0.2, 0.25) is 0 Å². The van der Waals surface area contributed by atoms with Crippen molar-refractivity contribution in [3.63, 3.8) is 0 Å². The minimum atomic E-state index is -0.728. The molecule has 0 radical (unpaired) electrons. The number of nitrogens with one attached hydrogen (secondary N) is 1. The molecule has 0 bridgehead atoms. The molecular formula is C23H31N3O3. The molecule has 0 unspecified atom stereocenters. The summed E-state index contributed by atoms with van der Waals surface area (Å²) in [4.78, 5) is 18.6. The summed E-state index contributed by atoms with van der Waals surface area (Å²) in [6, 6.07) is 6.45. The van der Waals surface area contributed by atoms with Crippen molar-refractivity contribution in [1.82, 2.24) is 10.3 Å². The van der Waals surface area contributed by atoms with Gasteiger partial charge in [-0.2, -0.15) is 0 Å². The Hall–Kier alpha value is -2.18. The number of amides is 1. The zero-order valence-electron chi connectivity index (χ0n) is 17.8. The van der Waals surface area contributed by atoms with E-state index in [1.807, 2.05) is 13.1 Å². The van der Waals surface area contributed by atoms with Crippen LogP contribution in [0, 0.1) is 13.8 Å². The smallest absolute Gasteiger partial charge is 0.217 e. The molecule has 4 rings (SSSR count). The number of benzene rings is 1. The van der Waals surface area contributed by atoms with Crippen LogP contribution >= 0.6 is 0 Å². The van der Waals surface area contributed by atoms with Gasteiger partial charge in [-0.25, -0.2) is 0 Å². The third kappa shape index (κ3) is 3.49. The van der Waals surface area contributed by atoms with Gasteiger partial charge in [-0.3, -0.25) is 9.78 Å². The molecule has 1 aromatic carbocycles. The number of ether oxygens (including phenoxy) is 1. The summed E-state index contributed by atoms with van der Waals surface area (Å²) < 4.78 is 6.17. The lowest BCUT2D eigenvalue weighted by molar-refractivity contribution is -0.198. The van der Waals surface area contributed by atoms with Gasteiger partial charge in [-0.1, -0.05) is 11.6 Å². The second-order valence-electron chi connectivity index (χ2n) is 8.96. The third-order valence-electron chi connectivity index (χ3n) is 6.68. The number of aliphatic hydroxyl groups is 1. The predicted octanol–water partition coefficient (Wildman–Crippen LogP) is 2.87. The van der Waals surface area contributed by atoms with Crippen molar-refractivity contribution in [2.45, 2.75) is 64.2 Å². The molecule has 2 aromatic rings. The lowest BCUT2D eigenvalue weighted by Crippen LogP contribution is -2.69. The molecule has 3 heterocycles. The van der Waals surface area contributed by atoms with E-state index >= 15 is 0 Å². The third-order valence-corrected chi connectivity index (χ3v) is 6.68. The summed E-state index contributed by atoms with van der Waals surface area (Å²) in [6.07, 6.45) is 3.21. The van der Waals surface area contributed by atoms with Gasteiger partial charge in [0.1, 0.15) is 6.10 Å². The van der Waals surface area contributed by atoms with Crippen LogP contribution in [-0.2, 0) is 9.53 Å². The van der Waals surface area contributed by atoms with E-state index in [1.54, 1.807) is 0 Å². The van der Waals surface area contributed by atoms with Crippen LogP contribution < -0.4 is 10.2 Å². The number of hydrogen-bond donors (Lipinski definition) is 2. The molecule has 2 saturated heterocycles. The van der Waals surface area contributed by atoms with Crippen LogP contribution in [-0.4, -0.2) is 52.9 Å². The fraction of sp³-hybridized carbons (Fsp3) is 0.565. The molecule has 6 heteroatoms. The first kappa shape index (κ1) is 20.1. The standard InChI is InChI=1S/C23H31N3O3/c1-15-13-16(2)20-18(14-15)19(5-9-24-20)26-10-6-23(7-11-26)21(28)22(4,8-12-29-23)25-17(3)27/h5,9,13-14,21,28H,6-8,10-12H2,1-4H3,(H,25,27)/t21-,22+/m1/s1. The number of rotatable bonds is 2. The number of pyridine rings is 1. The highest BCUT2D eigenvalue weighted by atomic mass is 16.5. The highest BCUT2D eigenvalue weighted by Crippen LogP contribution is 2.41. The number of aryl methyl sites for hydroxylation is 2. The van der Waals surface area contributed by atoms with Crippen LogP contribution in [0.3, 0.4) is 0 Å². The summed E-state index contributed by atoms with van der Waals surface area (Å²) in [7, 11) is 0. The van der Waals surface area contributed by atoms with E-state index in [1.165, 1.54) is 29.1 Å². The molecule has 156 valence electrons. The second-order valence-corrected chi connectivity index (χ2v) is 8.96. The highest BCUT2D eigenvalue weighted by molar-refractivity contribution is 5.94. The fourth-order valence-corrected chi connectivity index (χ4v) is 5.21. The van der Waals surface area contributed by atoms with Gasteiger partial charge < -0.3 is 20.1 Å². The lowest BCUT2D eigenvalue weighted by Gasteiger charge is -2.53. The molecule has 29 heavy (non-hydrogen) atoms. The fourth-order valence-electron chi connectivity index (χ4n) is 5.21. The zero-order chi connectivity index (χ0) is 20.8. The number of hydrogen-bond acceptors (Lipinski definition) is 5. The Morgan fingerprint density at radius 1 is 1.28 bits per heavy atom. The van der Waals surface area contributed by atoms with E-state index < -0.39 is 17.2 Å². The van der Waals surface area contributed by atoms with Gasteiger partial charge in [0.25, 0.3) is 0 Å². The van der Waals surface area contributed by atoms with Crippen molar-refractivity contribution < 1.29 is 14.6 Å². The van der Waals surface area contributed by atoms with Crippen molar-refractivity contribution in [3.8, 4) is 0 Å². The molecule has 0 saturated carbocycles. The molecule has 2 atom stereocenters. The van der Waals surface area contributed by atoms with Crippen LogP contribution in [0.5, 0.6) is 0 Å². The first-order valence-corrected chi connectivity index (χ1v) is 10.5. The Morgan fingerprint density at radius 2 is 2.00 bits per heavy atom. The number of aromatic nitrogens is 1. The van der Waals surface area contributed by atoms with Crippen LogP contribution in [0.4, 0.5) is 5.69 Å². The maximum Gasteiger partial charge on any atom is 0.217 e. The van der Waals surface area contributed by atoms with Crippen molar-refractivity contribution in [1.29, 1.82) is 0 Å². The Bertz CT molecular complexity index is 936. The first-order valence-electron chi connectivity index (χ1n) is 10.5. The maximum atomic E-state index is 11.7. The quantitative estimate of drug-likeness (QED) is 0.815. The van der Waals surface area contributed by atoms with Gasteiger partial charge in [-0.15, -0.1) is 0 Å². The minimum Gasteiger partial charge on any atom is -0.388 e. The van der Waals surface area contributed by atoms with E-state index in [9.17, 15) is 9.90 Å². The molecule has 1 amide bonds. The number of aliphatic hydroxyl groups excluding tert-OH is 1. The summed E-state index contributed by atoms with van der Waals surface area (Å²) in [5.41, 5.74) is 3.39. The SMILES string of the molecule is CC(=O)N[C@@]1(C)CCOC2(CCN(c3ccnc4c(C)cc(C)cc34)CC2)[C@@H]1O. The monoisotopic (exact) mass is 397 g/mol. The number of carbonyl (C=O) groups excluding carboxylic acids is 1. The normalized spacial score (nSPS) is 26.7. The Kier molecular flexibility index (Phi) is 5.03. The molecule has 2 fully saturated rings. The average Bonchev–Trinajstić information content (AvgIpc) is 2.66. The summed E-state index contributed by atoms with van der Waals surface area (Å²) in [6.45, 7) is 9.78. The molecule has 1 spiro atoms. The zero-order valence-corrected chi connectivity index (χ0v) is 17.8. The maximum absolute atomic E-state index is 11.7. The topological polar surface area (TPSA) is 74.7 Å². The number of piperidine rings is 1. The molecular weight excluding hydrogens is 366 g/mol. The van der Waals surface area contributed by atoms with E-state index in [0.29, 0.717) is 13.0 Å². The van der Waals surface area contributed by atoms with E-state index in [2.05, 4.69) is 47.2 Å². The molecule has 2 N–H and O–H groups in total. The summed E-state index contributed by atoms with van der Waals surface area (Å²) in [5, 5.41) is 15.3. The van der Waals surface area contributed by atoms with Gasteiger partial charge >= 0.3 is 0 Å². The molecule has 0 aliphatic carbocycles. The Morgan fingerprint density at radius 3 is 2.69 bits per heavy atom. The van der Waals surface area contributed by atoms with E-state index in [0.717, 1.165) is 31.4 Å². The van der Waals surface area contributed by atoms with Crippen LogP contribution in [0.1, 0.15) is 44.2 Å². The summed E-state index contributed by atoms with van der Waals surface area (Å²) in [5.74, 6) is -0.116.